The van der Waals surface area contributed by atoms with E-state index in [0.717, 1.165) is 23.4 Å². The van der Waals surface area contributed by atoms with Crippen LogP contribution in [0.1, 0.15) is 30.7 Å². The topological polar surface area (TPSA) is 55.2 Å². The molecule has 0 fully saturated rings. The maximum absolute atomic E-state index is 13.4. The second-order valence-corrected chi connectivity index (χ2v) is 7.83. The van der Waals surface area contributed by atoms with E-state index in [9.17, 15) is 9.59 Å². The summed E-state index contributed by atoms with van der Waals surface area (Å²) >= 11 is 0. The molecule has 2 heterocycles. The maximum Gasteiger partial charge on any atom is 0.265 e. The van der Waals surface area contributed by atoms with Gasteiger partial charge in [0.15, 0.2) is 0 Å². The zero-order valence-electron chi connectivity index (χ0n) is 17.4. The Morgan fingerprint density at radius 1 is 0.871 bits per heavy atom. The van der Waals surface area contributed by atoms with Gasteiger partial charge in [0.25, 0.3) is 5.56 Å². The number of anilines is 1. The lowest BCUT2D eigenvalue weighted by Crippen LogP contribution is -2.31. The summed E-state index contributed by atoms with van der Waals surface area (Å²) in [6.45, 7) is 2.75. The van der Waals surface area contributed by atoms with Gasteiger partial charge in [0.2, 0.25) is 5.91 Å². The van der Waals surface area contributed by atoms with Crippen LogP contribution in [0.15, 0.2) is 83.7 Å². The minimum atomic E-state index is -0.356. The minimum absolute atomic E-state index is 0.0741. The largest absolute Gasteiger partial charge is 0.312 e. The molecular formula is C26H23N3O2. The van der Waals surface area contributed by atoms with Crippen LogP contribution in [-0.4, -0.2) is 22.0 Å². The van der Waals surface area contributed by atoms with E-state index < -0.39 is 0 Å². The van der Waals surface area contributed by atoms with Crippen molar-refractivity contribution >= 4 is 22.5 Å². The number of carbonyl (C=O) groups is 1. The third-order valence-corrected chi connectivity index (χ3v) is 5.86. The number of para-hydroxylation sites is 3. The Morgan fingerprint density at radius 3 is 2.39 bits per heavy atom. The van der Waals surface area contributed by atoms with Gasteiger partial charge in [0, 0.05) is 18.7 Å². The van der Waals surface area contributed by atoms with Gasteiger partial charge in [-0.3, -0.25) is 14.2 Å². The summed E-state index contributed by atoms with van der Waals surface area (Å²) in [4.78, 5) is 33.5. The minimum Gasteiger partial charge on any atom is -0.312 e. The molecule has 0 saturated carbocycles. The van der Waals surface area contributed by atoms with Crippen LogP contribution < -0.4 is 10.5 Å². The highest BCUT2D eigenvalue weighted by Gasteiger charge is 2.37. The summed E-state index contributed by atoms with van der Waals surface area (Å²) in [6, 6.07) is 24.8. The predicted molar refractivity (Wildman–Crippen MR) is 123 cm³/mol. The monoisotopic (exact) mass is 409 g/mol. The van der Waals surface area contributed by atoms with Crippen molar-refractivity contribution in [2.75, 3.05) is 11.4 Å². The molecule has 31 heavy (non-hydrogen) atoms. The van der Waals surface area contributed by atoms with Crippen molar-refractivity contribution in [2.45, 2.75) is 25.7 Å². The van der Waals surface area contributed by atoms with Crippen LogP contribution in [0.3, 0.4) is 0 Å². The number of hydrogen-bond acceptors (Lipinski definition) is 3. The lowest BCUT2D eigenvalue weighted by molar-refractivity contribution is -0.119. The molecule has 0 radical (unpaired) electrons. The van der Waals surface area contributed by atoms with Crippen LogP contribution in [0.2, 0.25) is 0 Å². The first-order valence-electron chi connectivity index (χ1n) is 10.7. The molecule has 0 bridgehead atoms. The molecule has 0 N–H and O–H groups in total. The van der Waals surface area contributed by atoms with Crippen molar-refractivity contribution in [2.24, 2.45) is 0 Å². The molecule has 1 amide bonds. The van der Waals surface area contributed by atoms with Crippen LogP contribution in [-0.2, 0) is 11.2 Å². The van der Waals surface area contributed by atoms with Gasteiger partial charge in [-0.2, -0.15) is 0 Å². The second-order valence-electron chi connectivity index (χ2n) is 7.83. The first-order valence-corrected chi connectivity index (χ1v) is 10.7. The molecule has 5 nitrogen and oxygen atoms in total. The van der Waals surface area contributed by atoms with Gasteiger partial charge < -0.3 is 4.90 Å². The molecule has 0 aliphatic carbocycles. The van der Waals surface area contributed by atoms with Crippen LogP contribution in [0.4, 0.5) is 5.69 Å². The lowest BCUT2D eigenvalue weighted by Gasteiger charge is -2.18. The van der Waals surface area contributed by atoms with E-state index in [1.807, 2.05) is 77.7 Å². The van der Waals surface area contributed by atoms with Crippen molar-refractivity contribution in [3.05, 3.63) is 101 Å². The molecule has 154 valence electrons. The Morgan fingerprint density at radius 2 is 1.58 bits per heavy atom. The number of rotatable bonds is 5. The number of fused-ring (bicyclic) bond motifs is 2. The fourth-order valence-electron chi connectivity index (χ4n) is 4.46. The highest BCUT2D eigenvalue weighted by Crippen LogP contribution is 2.39. The van der Waals surface area contributed by atoms with Crippen molar-refractivity contribution in [3.8, 4) is 5.69 Å². The third-order valence-electron chi connectivity index (χ3n) is 5.86. The Kier molecular flexibility index (Phi) is 4.86. The molecule has 1 aliphatic rings. The van der Waals surface area contributed by atoms with Gasteiger partial charge in [-0.05, 0) is 42.3 Å². The molecule has 3 aromatic carbocycles. The Hall–Kier alpha value is -3.73. The van der Waals surface area contributed by atoms with Crippen LogP contribution in [0.25, 0.3) is 16.6 Å². The number of hydrogen-bond donors (Lipinski definition) is 0. The first-order chi connectivity index (χ1) is 15.2. The number of nitrogens with zero attached hydrogens (tertiary/aromatic N) is 3. The highest BCUT2D eigenvalue weighted by atomic mass is 16.2. The number of benzene rings is 3. The summed E-state index contributed by atoms with van der Waals surface area (Å²) < 4.78 is 1.65. The van der Waals surface area contributed by atoms with E-state index >= 15 is 0 Å². The SMILES string of the molecule is CCCN1C(=O)[C@H](Cc2nc3ccccc3c(=O)n2-c2ccccc2)c2ccccc21. The average Bonchev–Trinajstić information content (AvgIpc) is 3.06. The molecule has 0 spiro atoms. The van der Waals surface area contributed by atoms with Crippen molar-refractivity contribution < 1.29 is 4.79 Å². The van der Waals surface area contributed by atoms with E-state index in [1.54, 1.807) is 10.6 Å². The van der Waals surface area contributed by atoms with Crippen LogP contribution >= 0.6 is 0 Å². The van der Waals surface area contributed by atoms with Gasteiger partial charge >= 0.3 is 0 Å². The molecule has 1 aliphatic heterocycles. The van der Waals surface area contributed by atoms with Crippen LogP contribution in [0.5, 0.6) is 0 Å². The van der Waals surface area contributed by atoms with E-state index in [4.69, 9.17) is 4.98 Å². The van der Waals surface area contributed by atoms with Crippen LogP contribution in [0, 0.1) is 0 Å². The molecule has 5 heteroatoms. The number of carbonyl (C=O) groups excluding carboxylic acids is 1. The zero-order chi connectivity index (χ0) is 21.4. The molecule has 0 saturated heterocycles. The summed E-state index contributed by atoms with van der Waals surface area (Å²) in [5.74, 6) is 0.317. The van der Waals surface area contributed by atoms with E-state index in [-0.39, 0.29) is 17.4 Å². The summed E-state index contributed by atoms with van der Waals surface area (Å²) in [7, 11) is 0. The van der Waals surface area contributed by atoms with Gasteiger partial charge in [0.1, 0.15) is 5.82 Å². The van der Waals surface area contributed by atoms with E-state index in [1.165, 1.54) is 0 Å². The molecule has 0 unspecified atom stereocenters. The van der Waals surface area contributed by atoms with E-state index in [2.05, 4.69) is 6.92 Å². The molecule has 1 atom stereocenters. The first kappa shape index (κ1) is 19.2. The fraction of sp³-hybridized carbons (Fsp3) is 0.192. The third kappa shape index (κ3) is 3.22. The smallest absolute Gasteiger partial charge is 0.265 e. The summed E-state index contributed by atoms with van der Waals surface area (Å²) in [5, 5.41) is 0.570. The predicted octanol–water partition coefficient (Wildman–Crippen LogP) is 4.47. The van der Waals surface area contributed by atoms with Gasteiger partial charge in [-0.25, -0.2) is 4.98 Å². The normalized spacial score (nSPS) is 15.5. The van der Waals surface area contributed by atoms with Crippen molar-refractivity contribution in [1.29, 1.82) is 0 Å². The van der Waals surface area contributed by atoms with Gasteiger partial charge in [-0.1, -0.05) is 55.5 Å². The molecule has 1 aromatic heterocycles. The van der Waals surface area contributed by atoms with Crippen molar-refractivity contribution in [1.82, 2.24) is 9.55 Å². The Labute approximate surface area is 180 Å². The number of amides is 1. The number of aromatic nitrogens is 2. The average molecular weight is 409 g/mol. The van der Waals surface area contributed by atoms with Crippen molar-refractivity contribution in [3.63, 3.8) is 0 Å². The lowest BCUT2D eigenvalue weighted by atomic mass is 9.96. The quantitative estimate of drug-likeness (QED) is 0.489. The molecule has 5 rings (SSSR count). The van der Waals surface area contributed by atoms with Gasteiger partial charge in [-0.15, -0.1) is 0 Å². The molecule has 4 aromatic rings. The highest BCUT2D eigenvalue weighted by molar-refractivity contribution is 6.05. The second kappa shape index (κ2) is 7.84. The standard InChI is InChI=1S/C26H23N3O2/c1-2-16-28-23-15-9-7-12-19(23)21(25(28)30)17-24-27-22-14-8-6-13-20(22)26(31)29(24)18-10-4-3-5-11-18/h3-15,21H,2,16-17H2,1H3/t21-/m1/s1. The maximum atomic E-state index is 13.4. The Bertz CT molecular complexity index is 1330. The van der Waals surface area contributed by atoms with E-state index in [0.29, 0.717) is 29.7 Å². The Balaban J connectivity index is 1.68. The fourth-order valence-corrected chi connectivity index (χ4v) is 4.46. The summed E-state index contributed by atoms with van der Waals surface area (Å²) in [6.07, 6.45) is 1.25. The molecular weight excluding hydrogens is 386 g/mol. The van der Waals surface area contributed by atoms with Gasteiger partial charge in [0.05, 0.1) is 22.5 Å². The zero-order valence-corrected chi connectivity index (χ0v) is 17.4. The summed E-state index contributed by atoms with van der Waals surface area (Å²) in [5.41, 5.74) is 3.26.